The Morgan fingerprint density at radius 3 is 2.12 bits per heavy atom. The van der Waals surface area contributed by atoms with Crippen LogP contribution in [0, 0.1) is 43.4 Å². The maximum absolute atomic E-state index is 14.3. The highest BCUT2D eigenvalue weighted by molar-refractivity contribution is 6.39. The minimum atomic E-state index is -2.51. The van der Waals surface area contributed by atoms with Crippen molar-refractivity contribution in [1.82, 2.24) is 9.80 Å². The number of aryl methyl sites for hydroxylation is 2. The molecule has 4 fully saturated rings. The van der Waals surface area contributed by atoms with E-state index in [9.17, 15) is 39.3 Å². The van der Waals surface area contributed by atoms with Gasteiger partial charge in [0, 0.05) is 57.7 Å². The van der Waals surface area contributed by atoms with Gasteiger partial charge in [0.25, 0.3) is 11.7 Å². The third-order valence-electron chi connectivity index (χ3n) is 17.3. The number of nitrogens with one attached hydrogen (secondary N) is 1. The number of aliphatic hydroxyl groups is 3. The molecule has 0 aromatic heterocycles. The number of benzene rings is 1. The smallest absolute Gasteiger partial charge is 0.329 e. The number of anilines is 1. The molecule has 2 bridgehead atoms. The van der Waals surface area contributed by atoms with Crippen molar-refractivity contribution in [2.24, 2.45) is 29.6 Å². The van der Waals surface area contributed by atoms with Crippen LogP contribution in [0.5, 0.6) is 0 Å². The normalized spacial score (nSPS) is 34.4. The van der Waals surface area contributed by atoms with Gasteiger partial charge in [0.2, 0.25) is 11.7 Å². The van der Waals surface area contributed by atoms with Crippen LogP contribution in [0.2, 0.25) is 0 Å². The van der Waals surface area contributed by atoms with Gasteiger partial charge in [-0.15, -0.1) is 6.58 Å². The molecule has 0 unspecified atom stereocenters. The van der Waals surface area contributed by atoms with Gasteiger partial charge in [-0.25, -0.2) is 4.79 Å². The number of methoxy groups -OCH3 is 3. The van der Waals surface area contributed by atoms with Gasteiger partial charge in [0.15, 0.2) is 0 Å². The molecule has 0 spiro atoms. The first-order valence-corrected chi connectivity index (χ1v) is 29.3. The van der Waals surface area contributed by atoms with Gasteiger partial charge in [-0.2, -0.15) is 0 Å². The highest BCUT2D eigenvalue weighted by atomic mass is 17.0. The van der Waals surface area contributed by atoms with Crippen LogP contribution in [0.1, 0.15) is 155 Å². The number of carbonyl (C=O) groups excluding carboxylic acids is 5. The quantitative estimate of drug-likeness (QED) is 0.0377. The van der Waals surface area contributed by atoms with Crippen molar-refractivity contribution < 1.29 is 73.5 Å². The summed E-state index contributed by atoms with van der Waals surface area (Å²) in [5.74, 6) is -7.59. The Morgan fingerprint density at radius 2 is 1.49 bits per heavy atom. The second-order valence-corrected chi connectivity index (χ2v) is 23.4. The van der Waals surface area contributed by atoms with E-state index in [4.69, 9.17) is 34.2 Å². The molecule has 15 atom stereocenters. The van der Waals surface area contributed by atoms with Crippen molar-refractivity contribution in [2.75, 3.05) is 46.3 Å². The monoisotopic (exact) mass is 1130 g/mol. The number of hydrogen-bond acceptors (Lipinski definition) is 16. The van der Waals surface area contributed by atoms with E-state index in [0.29, 0.717) is 56.9 Å². The number of amides is 2. The molecule has 18 heteroatoms. The largest absolute Gasteiger partial charge is 0.456 e. The number of Topliss-reactive ketones (excluding diaryl/α,β-unsaturated/α-hetero) is 2. The Kier molecular flexibility index (Phi) is 28.3. The van der Waals surface area contributed by atoms with Crippen molar-refractivity contribution in [3.05, 3.63) is 65.3 Å². The summed E-state index contributed by atoms with van der Waals surface area (Å²) in [6, 6.07) is 5.05. The van der Waals surface area contributed by atoms with Gasteiger partial charge in [0.1, 0.15) is 24.0 Å². The van der Waals surface area contributed by atoms with Crippen molar-refractivity contribution in [2.45, 2.75) is 219 Å². The van der Waals surface area contributed by atoms with Gasteiger partial charge < -0.3 is 49.2 Å². The number of carbonyl (C=O) groups is 5. The predicted molar refractivity (Wildman–Crippen MR) is 307 cm³/mol. The van der Waals surface area contributed by atoms with E-state index in [1.807, 2.05) is 39.0 Å². The number of para-hydroxylation sites is 1. The van der Waals surface area contributed by atoms with Crippen molar-refractivity contribution in [1.29, 1.82) is 0 Å². The Labute approximate surface area is 476 Å². The molecule has 80 heavy (non-hydrogen) atoms. The minimum absolute atomic E-state index is 0.00988. The van der Waals surface area contributed by atoms with Gasteiger partial charge in [-0.1, -0.05) is 82.5 Å². The summed E-state index contributed by atoms with van der Waals surface area (Å²) < 4.78 is 29.7. The van der Waals surface area contributed by atoms with Crippen LogP contribution < -0.4 is 5.32 Å². The second-order valence-electron chi connectivity index (χ2n) is 23.4. The first kappa shape index (κ1) is 68.3. The molecule has 6 N–H and O–H groups in total. The zero-order valence-corrected chi connectivity index (χ0v) is 49.9. The first-order valence-electron chi connectivity index (χ1n) is 29.3. The van der Waals surface area contributed by atoms with Crippen molar-refractivity contribution in [3.8, 4) is 0 Å². The van der Waals surface area contributed by atoms with E-state index in [2.05, 4.69) is 49.7 Å². The standard InChI is InChI=1S/C44H69NO12.C18H28N2O.H2O2/c1-10-13-31-19-25(2)18-26(3)20-37(54-8)40-38(55-9)22-28(5)44(52,57-40)41(49)42(50)45-17-12-11-14-32(45)43(51)56-39(29(6)34(47)24-35(31)48)27(4)21-30-15-16-33(46)36(23-30)53-7;1-4-5-12-20-13-7-6-11-16(20)18(21)19-17-14(2)9-8-10-15(17)3;1-2/h10,19,21,26,28-34,36-40,46-47,52H,1,11-18,20,22-24H2,2-9H3;8-10,16H,4-7,11-13H2,1-3H3,(H,19,21);1-2H/b25-19+,27-21+;;/t26-,28+,29+,30-,31+,32-,33+,34-,36+,37-,38-,39+,40+,44+;16-;/m00./s1. The number of piperidine rings is 2. The number of fused-ring (bicyclic) bond motifs is 3. The zero-order valence-electron chi connectivity index (χ0n) is 49.9. The summed E-state index contributed by atoms with van der Waals surface area (Å²) in [5, 5.41) is 49.3. The fourth-order valence-electron chi connectivity index (χ4n) is 12.6. The molecule has 3 saturated heterocycles. The molecule has 18 nitrogen and oxygen atoms in total. The zero-order chi connectivity index (χ0) is 59.4. The lowest BCUT2D eigenvalue weighted by atomic mass is 9.81. The molecule has 6 rings (SSSR count). The number of allylic oxidation sites excluding steroid dienone is 4. The average molecular weight is 1130 g/mol. The number of nitrogens with zero attached hydrogens (tertiary/aromatic N) is 2. The van der Waals surface area contributed by atoms with E-state index in [-0.39, 0.29) is 61.5 Å². The molecule has 5 aliphatic rings. The Balaban J connectivity index is 0.000000497. The summed E-state index contributed by atoms with van der Waals surface area (Å²) in [7, 11) is 4.61. The van der Waals surface area contributed by atoms with Crippen LogP contribution in [0.3, 0.4) is 0 Å². The number of ketones is 2. The van der Waals surface area contributed by atoms with E-state index >= 15 is 0 Å². The summed E-state index contributed by atoms with van der Waals surface area (Å²) >= 11 is 0. The van der Waals surface area contributed by atoms with E-state index in [0.717, 1.165) is 48.3 Å². The molecule has 452 valence electrons. The molecule has 4 aliphatic heterocycles. The topological polar surface area (TPSA) is 251 Å². The minimum Gasteiger partial charge on any atom is -0.456 e. The maximum Gasteiger partial charge on any atom is 0.329 e. The number of esters is 1. The number of ether oxygens (including phenoxy) is 5. The van der Waals surface area contributed by atoms with Crippen LogP contribution in [-0.2, 0) is 47.7 Å². The number of rotatable bonds is 12. The highest BCUT2D eigenvalue weighted by Crippen LogP contribution is 2.39. The summed E-state index contributed by atoms with van der Waals surface area (Å²) in [4.78, 5) is 72.9. The van der Waals surface area contributed by atoms with Crippen molar-refractivity contribution in [3.63, 3.8) is 0 Å². The van der Waals surface area contributed by atoms with Gasteiger partial charge >= 0.3 is 5.97 Å². The molecule has 1 aromatic rings. The lowest BCUT2D eigenvalue weighted by Gasteiger charge is -2.47. The Morgan fingerprint density at radius 1 is 0.850 bits per heavy atom. The van der Waals surface area contributed by atoms with Crippen LogP contribution >= 0.6 is 0 Å². The summed E-state index contributed by atoms with van der Waals surface area (Å²) in [5.41, 5.74) is 4.88. The molecule has 1 aliphatic carbocycles. The van der Waals surface area contributed by atoms with Gasteiger partial charge in [-0.3, -0.25) is 34.6 Å². The Hall–Kier alpha value is -4.21. The highest BCUT2D eigenvalue weighted by Gasteiger charge is 2.56. The molecule has 4 heterocycles. The first-order chi connectivity index (χ1) is 38.1. The van der Waals surface area contributed by atoms with Crippen LogP contribution in [0.25, 0.3) is 0 Å². The fraction of sp³-hybridized carbons (Fsp3) is 0.726. The van der Waals surface area contributed by atoms with Crippen molar-refractivity contribution >= 4 is 35.0 Å². The number of likely N-dealkylation sites (tertiary alicyclic amines) is 1. The summed E-state index contributed by atoms with van der Waals surface area (Å²) in [6.07, 6.45) is 10.7. The summed E-state index contributed by atoms with van der Waals surface area (Å²) in [6.45, 7) is 21.5. The third-order valence-corrected chi connectivity index (χ3v) is 17.3. The number of cyclic esters (lactones) is 1. The molecule has 1 aromatic carbocycles. The molecule has 0 radical (unpaired) electrons. The molecular formula is C62H99N3O15. The SMILES string of the molecule is C=CC[C@@H]1/C=C(\C)C[C@H](C)C[C@H](OC)[C@H]2O[C@@](O)(C(=O)C(=O)N3CCCC[C@H]3C(=O)O[C@H](/C(C)=C/[C@@H]3CC[C@@H](O)[C@H](OC)C3)[C@H](C)[C@@H](O)CC1=O)[C@H](C)C[C@@H]2OC.CCCCN1CCCC[C@H]1C(=O)Nc1c(C)cccc1C.OO. The van der Waals surface area contributed by atoms with E-state index in [1.54, 1.807) is 27.0 Å². The van der Waals surface area contributed by atoms with Crippen LogP contribution in [0.15, 0.2) is 54.2 Å². The fourth-order valence-corrected chi connectivity index (χ4v) is 12.6. The van der Waals surface area contributed by atoms with Crippen LogP contribution in [0.4, 0.5) is 5.69 Å². The molecule has 2 amide bonds. The molecular weight excluding hydrogens is 1030 g/mol. The van der Waals surface area contributed by atoms with E-state index < -0.39 is 83.9 Å². The lowest BCUT2D eigenvalue weighted by Crippen LogP contribution is -2.64. The van der Waals surface area contributed by atoms with Gasteiger partial charge in [-0.05, 0) is 153 Å². The second kappa shape index (κ2) is 33.2. The van der Waals surface area contributed by atoms with Gasteiger partial charge in [0.05, 0.1) is 36.6 Å². The maximum atomic E-state index is 14.3. The lowest BCUT2D eigenvalue weighted by molar-refractivity contribution is -0.302. The Bertz CT molecular complexity index is 2220. The number of hydrogen-bond donors (Lipinski definition) is 6. The number of unbranched alkanes of at least 4 members (excludes halogenated alkanes) is 1. The number of aliphatic hydroxyl groups excluding tert-OH is 2. The molecule has 1 saturated carbocycles. The average Bonchev–Trinajstić information content (AvgIpc) is 3.61. The van der Waals surface area contributed by atoms with Crippen LogP contribution in [-0.4, -0.2) is 167 Å². The van der Waals surface area contributed by atoms with E-state index in [1.165, 1.54) is 38.4 Å². The third kappa shape index (κ3) is 18.1. The predicted octanol–water partition coefficient (Wildman–Crippen LogP) is 8.55.